The highest BCUT2D eigenvalue weighted by molar-refractivity contribution is 5.94. The normalized spacial score (nSPS) is 22.9. The number of aromatic nitrogens is 6. The Hall–Kier alpha value is -4.69. The predicted octanol–water partition coefficient (Wildman–Crippen LogP) is 1.76. The second-order valence-corrected chi connectivity index (χ2v) is 12.0. The lowest BCUT2D eigenvalue weighted by molar-refractivity contribution is 0.00720. The van der Waals surface area contributed by atoms with Crippen LogP contribution in [-0.4, -0.2) is 88.4 Å². The van der Waals surface area contributed by atoms with E-state index < -0.39 is 30.2 Å². The first kappa shape index (κ1) is 30.0. The average Bonchev–Trinajstić information content (AvgIpc) is 3.91. The van der Waals surface area contributed by atoms with Crippen molar-refractivity contribution in [2.45, 2.75) is 55.7 Å². The molecular formula is C33H37N9O4. The van der Waals surface area contributed by atoms with E-state index in [9.17, 15) is 20.1 Å². The van der Waals surface area contributed by atoms with Crippen LogP contribution in [0.5, 0.6) is 0 Å². The fourth-order valence-electron chi connectivity index (χ4n) is 6.57. The monoisotopic (exact) mass is 623 g/mol. The van der Waals surface area contributed by atoms with Crippen molar-refractivity contribution in [3.8, 4) is 0 Å². The van der Waals surface area contributed by atoms with Gasteiger partial charge in [-0.1, -0.05) is 60.7 Å². The molecule has 2 aromatic carbocycles. The average molecular weight is 624 g/mol. The number of carbonyl (C=O) groups is 1. The summed E-state index contributed by atoms with van der Waals surface area (Å²) in [5, 5.41) is 45.8. The summed E-state index contributed by atoms with van der Waals surface area (Å²) in [6.45, 7) is 1.79. The minimum absolute atomic E-state index is 0.0103. The fourth-order valence-corrected chi connectivity index (χ4v) is 6.57. The minimum atomic E-state index is -1.15. The van der Waals surface area contributed by atoms with Crippen molar-refractivity contribution in [3.63, 3.8) is 0 Å². The highest BCUT2D eigenvalue weighted by atomic mass is 16.3. The molecule has 7 rings (SSSR count). The number of nitrogens with one attached hydrogen (secondary N) is 3. The maximum atomic E-state index is 13.5. The van der Waals surface area contributed by atoms with Gasteiger partial charge in [0.15, 0.2) is 11.5 Å². The molecule has 5 atom stereocenters. The van der Waals surface area contributed by atoms with Crippen molar-refractivity contribution in [1.82, 2.24) is 39.9 Å². The smallest absolute Gasteiger partial charge is 0.289 e. The maximum Gasteiger partial charge on any atom is 0.289 e. The molecule has 2 aliphatic rings. The molecule has 4 heterocycles. The lowest BCUT2D eigenvalue weighted by Crippen LogP contribution is -2.37. The molecule has 0 spiro atoms. The van der Waals surface area contributed by atoms with Crippen LogP contribution >= 0.6 is 0 Å². The number of hydrogen-bond donors (Lipinski definition) is 6. The number of amides is 1. The molecular weight excluding hydrogens is 586 g/mol. The van der Waals surface area contributed by atoms with Crippen molar-refractivity contribution in [2.75, 3.05) is 25.0 Å². The number of nitrogens with zero attached hydrogens (tertiary/aromatic N) is 6. The van der Waals surface area contributed by atoms with Crippen LogP contribution in [0.25, 0.3) is 11.2 Å². The van der Waals surface area contributed by atoms with Gasteiger partial charge in [-0.3, -0.25) is 9.48 Å². The third-order valence-corrected chi connectivity index (χ3v) is 9.05. The number of rotatable bonds is 10. The Kier molecular flexibility index (Phi) is 8.45. The predicted molar refractivity (Wildman–Crippen MR) is 170 cm³/mol. The molecule has 2 unspecified atom stereocenters. The second-order valence-electron chi connectivity index (χ2n) is 12.0. The quantitative estimate of drug-likeness (QED) is 0.134. The van der Waals surface area contributed by atoms with E-state index >= 15 is 0 Å². The number of benzene rings is 2. The van der Waals surface area contributed by atoms with Crippen molar-refractivity contribution in [1.29, 1.82) is 0 Å². The molecule has 1 aliphatic heterocycles. The summed E-state index contributed by atoms with van der Waals surface area (Å²) in [6, 6.07) is 19.2. The van der Waals surface area contributed by atoms with E-state index in [1.165, 1.54) is 6.20 Å². The zero-order chi connectivity index (χ0) is 31.6. The van der Waals surface area contributed by atoms with Crippen LogP contribution in [0.4, 0.5) is 5.82 Å². The van der Waals surface area contributed by atoms with E-state index in [2.05, 4.69) is 60.3 Å². The Morgan fingerprint density at radius 1 is 1.00 bits per heavy atom. The Labute approximate surface area is 265 Å². The molecule has 1 amide bonds. The number of fused-ring (bicyclic) bond motifs is 1. The molecule has 0 bridgehead atoms. The van der Waals surface area contributed by atoms with Crippen molar-refractivity contribution < 1.29 is 20.1 Å². The Morgan fingerprint density at radius 3 is 2.37 bits per heavy atom. The molecule has 3 aromatic heterocycles. The topological polar surface area (TPSA) is 175 Å². The summed E-state index contributed by atoms with van der Waals surface area (Å²) in [5.41, 5.74) is 3.68. The minimum Gasteiger partial charge on any atom is -0.392 e. The molecule has 46 heavy (non-hydrogen) atoms. The molecule has 238 valence electrons. The van der Waals surface area contributed by atoms with E-state index in [0.717, 1.165) is 24.1 Å². The van der Waals surface area contributed by atoms with Crippen LogP contribution in [0.1, 0.15) is 58.2 Å². The van der Waals surface area contributed by atoms with Crippen molar-refractivity contribution in [2.24, 2.45) is 0 Å². The van der Waals surface area contributed by atoms with Crippen LogP contribution < -0.4 is 16.0 Å². The van der Waals surface area contributed by atoms with Crippen molar-refractivity contribution in [3.05, 3.63) is 102 Å². The van der Waals surface area contributed by atoms with E-state index in [-0.39, 0.29) is 24.4 Å². The van der Waals surface area contributed by atoms with E-state index in [1.54, 1.807) is 21.8 Å². The van der Waals surface area contributed by atoms with Gasteiger partial charge in [0.25, 0.3) is 5.91 Å². The Balaban J connectivity index is 1.24. The molecule has 5 aromatic rings. The number of aliphatic hydroxyl groups is 3. The van der Waals surface area contributed by atoms with Crippen LogP contribution in [-0.2, 0) is 6.61 Å². The zero-order valence-electron chi connectivity index (χ0n) is 25.1. The van der Waals surface area contributed by atoms with Gasteiger partial charge in [0.2, 0.25) is 5.82 Å². The van der Waals surface area contributed by atoms with Crippen LogP contribution in [0.15, 0.2) is 79.4 Å². The van der Waals surface area contributed by atoms with Gasteiger partial charge in [0.1, 0.15) is 17.7 Å². The SMILES string of the molecule is O=C(NC1CCNC1)c1nc(NCC(c2ccccc2)c2ccccc2)c2ncn([C@@H]3C[C@H](n4cc(CO)cn4)[C@@H](O)C3O)c2n1. The number of hydrogen-bond acceptors (Lipinski definition) is 10. The molecule has 1 aliphatic carbocycles. The van der Waals surface area contributed by atoms with E-state index in [0.29, 0.717) is 42.1 Å². The standard InChI is InChI=1S/C33H37N9O4/c43-18-20-14-37-42(17-20)26-13-25(28(44)29(26)45)41-19-36-27-30(39-31(40-32(27)41)33(46)38-23-11-12-34-15-23)35-16-24(21-7-3-1-4-8-21)22-9-5-2-6-10-22/h1-10,14,17,19,23-26,28-29,34,43-45H,11-13,15-16,18H2,(H,38,46)(H,35,39,40)/t23?,25-,26+,28?,29-/m1/s1. The second kappa shape index (κ2) is 13.0. The first-order chi connectivity index (χ1) is 22.5. The molecule has 6 N–H and O–H groups in total. The van der Waals surface area contributed by atoms with E-state index in [4.69, 9.17) is 0 Å². The number of aliphatic hydroxyl groups excluding tert-OH is 3. The Morgan fingerprint density at radius 2 is 1.72 bits per heavy atom. The first-order valence-electron chi connectivity index (χ1n) is 15.6. The summed E-state index contributed by atoms with van der Waals surface area (Å²) in [6.07, 6.45) is 3.63. The van der Waals surface area contributed by atoms with Gasteiger partial charge in [-0.15, -0.1) is 0 Å². The van der Waals surface area contributed by atoms with Gasteiger partial charge in [0.05, 0.1) is 31.2 Å². The maximum absolute atomic E-state index is 13.5. The largest absolute Gasteiger partial charge is 0.392 e. The van der Waals surface area contributed by atoms with Crippen LogP contribution in [0.2, 0.25) is 0 Å². The van der Waals surface area contributed by atoms with Gasteiger partial charge in [-0.25, -0.2) is 15.0 Å². The number of imidazole rings is 1. The van der Waals surface area contributed by atoms with Crippen molar-refractivity contribution >= 4 is 22.9 Å². The summed E-state index contributed by atoms with van der Waals surface area (Å²) in [4.78, 5) is 27.5. The molecule has 0 radical (unpaired) electrons. The van der Waals surface area contributed by atoms with E-state index in [1.807, 2.05) is 36.4 Å². The lowest BCUT2D eigenvalue weighted by Gasteiger charge is -2.20. The molecule has 13 nitrogen and oxygen atoms in total. The summed E-state index contributed by atoms with van der Waals surface area (Å²) < 4.78 is 3.29. The van der Waals surface area contributed by atoms with Crippen LogP contribution in [0.3, 0.4) is 0 Å². The summed E-state index contributed by atoms with van der Waals surface area (Å²) in [7, 11) is 0. The van der Waals surface area contributed by atoms with Gasteiger partial charge in [0, 0.05) is 36.8 Å². The van der Waals surface area contributed by atoms with Gasteiger partial charge < -0.3 is 35.8 Å². The third-order valence-electron chi connectivity index (χ3n) is 9.05. The van der Waals surface area contributed by atoms with Gasteiger partial charge >= 0.3 is 0 Å². The highest BCUT2D eigenvalue weighted by Crippen LogP contribution is 2.40. The molecule has 13 heteroatoms. The Bertz CT molecular complexity index is 1750. The molecule has 1 saturated heterocycles. The highest BCUT2D eigenvalue weighted by Gasteiger charge is 2.44. The third kappa shape index (κ3) is 5.85. The molecule has 2 fully saturated rings. The molecule has 1 saturated carbocycles. The lowest BCUT2D eigenvalue weighted by atomic mass is 9.91. The number of anilines is 1. The summed E-state index contributed by atoms with van der Waals surface area (Å²) >= 11 is 0. The summed E-state index contributed by atoms with van der Waals surface area (Å²) in [5.74, 6) is -0.0164. The zero-order valence-corrected chi connectivity index (χ0v) is 25.1. The van der Waals surface area contributed by atoms with Gasteiger partial charge in [-0.05, 0) is 30.5 Å². The van der Waals surface area contributed by atoms with Crippen LogP contribution in [0, 0.1) is 0 Å². The number of carbonyl (C=O) groups excluding carboxylic acids is 1. The van der Waals surface area contributed by atoms with Gasteiger partial charge in [-0.2, -0.15) is 5.10 Å². The first-order valence-corrected chi connectivity index (χ1v) is 15.6. The fraction of sp³-hybridized carbons (Fsp3) is 0.364.